The fourth-order valence-electron chi connectivity index (χ4n) is 3.81. The predicted molar refractivity (Wildman–Crippen MR) is 116 cm³/mol. The zero-order chi connectivity index (χ0) is 21.8. The maximum Gasteiger partial charge on any atom is 0.265 e. The summed E-state index contributed by atoms with van der Waals surface area (Å²) < 4.78 is 14.1. The monoisotopic (exact) mass is 441 g/mol. The van der Waals surface area contributed by atoms with E-state index in [4.69, 9.17) is 14.5 Å². The molecule has 9 nitrogen and oxygen atoms in total. The summed E-state index contributed by atoms with van der Waals surface area (Å²) >= 11 is 1.50. The van der Waals surface area contributed by atoms with Crippen LogP contribution in [0.2, 0.25) is 0 Å². The smallest absolute Gasteiger partial charge is 0.265 e. The quantitative estimate of drug-likeness (QED) is 0.621. The molecule has 31 heavy (non-hydrogen) atoms. The van der Waals surface area contributed by atoms with Gasteiger partial charge in [-0.25, -0.2) is 9.67 Å². The van der Waals surface area contributed by atoms with Crippen LogP contribution in [0.4, 0.5) is 0 Å². The minimum atomic E-state index is -0.280. The Kier molecular flexibility index (Phi) is 4.69. The fraction of sp³-hybridized carbons (Fsp3) is 0.429. The zero-order valence-corrected chi connectivity index (χ0v) is 18.4. The minimum absolute atomic E-state index is 0.117. The highest BCUT2D eigenvalue weighted by Crippen LogP contribution is 2.34. The van der Waals surface area contributed by atoms with E-state index in [-0.39, 0.29) is 36.3 Å². The van der Waals surface area contributed by atoms with E-state index in [0.29, 0.717) is 40.0 Å². The number of nitrogens with zero attached hydrogens (tertiary/aromatic N) is 4. The molecule has 1 unspecified atom stereocenters. The molecule has 1 N–H and O–H groups in total. The first kappa shape index (κ1) is 19.9. The van der Waals surface area contributed by atoms with Crippen molar-refractivity contribution < 1.29 is 14.3 Å². The molecule has 3 aromatic rings. The van der Waals surface area contributed by atoms with E-state index in [1.807, 2.05) is 39.0 Å². The maximum absolute atomic E-state index is 13.1. The third-order valence-electron chi connectivity index (χ3n) is 5.35. The summed E-state index contributed by atoms with van der Waals surface area (Å²) in [6, 6.07) is 5.36. The van der Waals surface area contributed by atoms with E-state index >= 15 is 0 Å². The van der Waals surface area contributed by atoms with Crippen LogP contribution in [-0.4, -0.2) is 37.8 Å². The Hall–Kier alpha value is -3.01. The van der Waals surface area contributed by atoms with E-state index in [9.17, 15) is 9.59 Å². The van der Waals surface area contributed by atoms with Gasteiger partial charge in [0, 0.05) is 18.7 Å². The van der Waals surface area contributed by atoms with Gasteiger partial charge in [0.05, 0.1) is 17.8 Å². The van der Waals surface area contributed by atoms with Gasteiger partial charge in [0.15, 0.2) is 22.3 Å². The molecule has 0 fully saturated rings. The Labute approximate surface area is 182 Å². The highest BCUT2D eigenvalue weighted by Gasteiger charge is 2.30. The van der Waals surface area contributed by atoms with Crippen LogP contribution in [0.15, 0.2) is 34.3 Å². The summed E-state index contributed by atoms with van der Waals surface area (Å²) in [5.41, 5.74) is 1.09. The van der Waals surface area contributed by atoms with E-state index in [1.54, 1.807) is 15.4 Å². The molecule has 0 saturated carbocycles. The lowest BCUT2D eigenvalue weighted by Crippen LogP contribution is -2.31. The molecule has 0 aliphatic carbocycles. The molecule has 1 aromatic carbocycles. The van der Waals surface area contributed by atoms with Crippen molar-refractivity contribution in [3.8, 4) is 11.5 Å². The second-order valence-corrected chi connectivity index (χ2v) is 9.65. The molecule has 10 heteroatoms. The number of fused-ring (bicyclic) bond motifs is 3. The van der Waals surface area contributed by atoms with Crippen molar-refractivity contribution in [3.05, 3.63) is 40.3 Å². The highest BCUT2D eigenvalue weighted by atomic mass is 32.2. The molecule has 1 atom stereocenters. The van der Waals surface area contributed by atoms with Gasteiger partial charge >= 0.3 is 0 Å². The van der Waals surface area contributed by atoms with Crippen LogP contribution in [0, 0.1) is 0 Å². The number of aromatic nitrogens is 4. The number of amides is 1. The summed E-state index contributed by atoms with van der Waals surface area (Å²) in [6.45, 7) is 6.66. The van der Waals surface area contributed by atoms with Gasteiger partial charge in [-0.1, -0.05) is 17.8 Å². The molecule has 162 valence electrons. The molecule has 2 aliphatic heterocycles. The predicted octanol–water partition coefficient (Wildman–Crippen LogP) is 2.43. The van der Waals surface area contributed by atoms with E-state index in [2.05, 4.69) is 10.4 Å². The van der Waals surface area contributed by atoms with Crippen molar-refractivity contribution in [2.75, 3.05) is 12.5 Å². The molecule has 0 bridgehead atoms. The van der Waals surface area contributed by atoms with Gasteiger partial charge in [-0.3, -0.25) is 14.2 Å². The SMILES string of the molecule is CC(C)(C)n1ncc2c(=O)n3c(nc21)SCC3CC(=O)NCc1ccc2c(c1)OCO2. The third kappa shape index (κ3) is 3.54. The van der Waals surface area contributed by atoms with Crippen molar-refractivity contribution >= 4 is 28.7 Å². The second kappa shape index (κ2) is 7.30. The third-order valence-corrected chi connectivity index (χ3v) is 6.45. The molecule has 4 heterocycles. The van der Waals surface area contributed by atoms with Gasteiger partial charge in [-0.15, -0.1) is 0 Å². The number of carbonyl (C=O) groups excluding carboxylic acids is 1. The topological polar surface area (TPSA) is 100 Å². The minimum Gasteiger partial charge on any atom is -0.454 e. The van der Waals surface area contributed by atoms with Crippen molar-refractivity contribution in [1.29, 1.82) is 0 Å². The molecule has 0 radical (unpaired) electrons. The number of hydrogen-bond acceptors (Lipinski definition) is 7. The van der Waals surface area contributed by atoms with E-state index in [0.717, 1.165) is 5.56 Å². The largest absolute Gasteiger partial charge is 0.454 e. The van der Waals surface area contributed by atoms with Gasteiger partial charge in [0.2, 0.25) is 12.7 Å². The normalized spacial score (nSPS) is 17.2. The first-order valence-corrected chi connectivity index (χ1v) is 11.1. The number of benzene rings is 1. The Balaban J connectivity index is 1.32. The Morgan fingerprint density at radius 2 is 2.10 bits per heavy atom. The summed E-state index contributed by atoms with van der Waals surface area (Å²) in [6.07, 6.45) is 1.79. The number of carbonyl (C=O) groups is 1. The summed E-state index contributed by atoms with van der Waals surface area (Å²) in [7, 11) is 0. The molecular formula is C21H23N5O4S. The van der Waals surface area contributed by atoms with Crippen LogP contribution in [0.3, 0.4) is 0 Å². The van der Waals surface area contributed by atoms with E-state index < -0.39 is 0 Å². The maximum atomic E-state index is 13.1. The van der Waals surface area contributed by atoms with Crippen LogP contribution in [0.1, 0.15) is 38.8 Å². The lowest BCUT2D eigenvalue weighted by Gasteiger charge is -2.20. The van der Waals surface area contributed by atoms with Crippen LogP contribution < -0.4 is 20.3 Å². The van der Waals surface area contributed by atoms with Gasteiger partial charge in [-0.2, -0.15) is 5.10 Å². The molecule has 0 spiro atoms. The number of nitrogens with one attached hydrogen (secondary N) is 1. The number of ether oxygens (including phenoxy) is 2. The number of thioether (sulfide) groups is 1. The molecule has 2 aliphatic rings. The van der Waals surface area contributed by atoms with Crippen LogP contribution in [0.25, 0.3) is 11.0 Å². The average Bonchev–Trinajstić information content (AvgIpc) is 3.44. The first-order valence-electron chi connectivity index (χ1n) is 10.1. The van der Waals surface area contributed by atoms with Crippen LogP contribution in [0.5, 0.6) is 11.5 Å². The summed E-state index contributed by atoms with van der Waals surface area (Å²) in [5.74, 6) is 1.91. The molecule has 0 saturated heterocycles. The number of hydrogen-bond donors (Lipinski definition) is 1. The standard InChI is InChI=1S/C21H23N5O4S/c1-21(2,3)26-18-14(9-23-26)19(28)25-13(10-31-20(25)24-18)7-17(27)22-8-12-4-5-15-16(6-12)30-11-29-15/h4-6,9,13H,7-8,10-11H2,1-3H3,(H,22,27). The van der Waals surface area contributed by atoms with Crippen LogP contribution in [-0.2, 0) is 16.9 Å². The lowest BCUT2D eigenvalue weighted by molar-refractivity contribution is -0.121. The van der Waals surface area contributed by atoms with Crippen molar-refractivity contribution in [3.63, 3.8) is 0 Å². The van der Waals surface area contributed by atoms with Gasteiger partial charge in [-0.05, 0) is 38.5 Å². The van der Waals surface area contributed by atoms with Gasteiger partial charge in [0.1, 0.15) is 5.39 Å². The summed E-state index contributed by atoms with van der Waals surface area (Å²) in [4.78, 5) is 30.4. The first-order chi connectivity index (χ1) is 14.8. The zero-order valence-electron chi connectivity index (χ0n) is 17.5. The number of rotatable bonds is 4. The Morgan fingerprint density at radius 3 is 2.90 bits per heavy atom. The average molecular weight is 442 g/mol. The van der Waals surface area contributed by atoms with Gasteiger partial charge < -0.3 is 14.8 Å². The summed E-state index contributed by atoms with van der Waals surface area (Å²) in [5, 5.41) is 8.42. The molecule has 5 rings (SSSR count). The van der Waals surface area contributed by atoms with Crippen molar-refractivity contribution in [2.45, 2.75) is 50.5 Å². The fourth-order valence-corrected chi connectivity index (χ4v) is 4.94. The van der Waals surface area contributed by atoms with Gasteiger partial charge in [0.25, 0.3) is 5.56 Å². The highest BCUT2D eigenvalue weighted by molar-refractivity contribution is 7.99. The van der Waals surface area contributed by atoms with Crippen molar-refractivity contribution in [1.82, 2.24) is 24.6 Å². The van der Waals surface area contributed by atoms with Crippen molar-refractivity contribution in [2.24, 2.45) is 0 Å². The molecular weight excluding hydrogens is 418 g/mol. The lowest BCUT2D eigenvalue weighted by atomic mass is 10.1. The second-order valence-electron chi connectivity index (χ2n) is 8.67. The molecule has 1 amide bonds. The Morgan fingerprint density at radius 1 is 1.29 bits per heavy atom. The molecule has 2 aromatic heterocycles. The van der Waals surface area contributed by atoms with Crippen LogP contribution >= 0.6 is 11.8 Å². The van der Waals surface area contributed by atoms with E-state index in [1.165, 1.54) is 11.8 Å². The Bertz CT molecular complexity index is 1240.